The zero-order chi connectivity index (χ0) is 14.8. The standard InChI is InChI=1S/C13H13F3N2O2/c14-13(15,16)12-5-10(2-1-9(12)6-17)18-3-4-20-11(7-18)8-19/h1-2,5,11,19H,3-4,7-8H2. The highest BCUT2D eigenvalue weighted by Crippen LogP contribution is 2.34. The fourth-order valence-corrected chi connectivity index (χ4v) is 2.13. The zero-order valence-electron chi connectivity index (χ0n) is 10.5. The molecular weight excluding hydrogens is 273 g/mol. The number of benzene rings is 1. The van der Waals surface area contributed by atoms with E-state index in [4.69, 9.17) is 15.1 Å². The van der Waals surface area contributed by atoms with Crippen LogP contribution in [0.25, 0.3) is 0 Å². The molecule has 108 valence electrons. The summed E-state index contributed by atoms with van der Waals surface area (Å²) in [5.74, 6) is 0. The van der Waals surface area contributed by atoms with E-state index in [0.29, 0.717) is 25.4 Å². The first kappa shape index (κ1) is 14.6. The summed E-state index contributed by atoms with van der Waals surface area (Å²) in [5.41, 5.74) is -0.962. The lowest BCUT2D eigenvalue weighted by Gasteiger charge is -2.34. The quantitative estimate of drug-likeness (QED) is 0.900. The van der Waals surface area contributed by atoms with Crippen molar-refractivity contribution in [2.24, 2.45) is 0 Å². The summed E-state index contributed by atoms with van der Waals surface area (Å²) < 4.78 is 43.9. The van der Waals surface area contributed by atoms with Gasteiger partial charge in [-0.05, 0) is 18.2 Å². The Bertz CT molecular complexity index is 525. The number of hydrogen-bond acceptors (Lipinski definition) is 4. The Kier molecular flexibility index (Phi) is 4.16. The van der Waals surface area contributed by atoms with Gasteiger partial charge in [0.05, 0.1) is 36.5 Å². The normalized spacial score (nSPS) is 19.8. The van der Waals surface area contributed by atoms with E-state index in [9.17, 15) is 13.2 Å². The van der Waals surface area contributed by atoms with Crippen LogP contribution in [0.15, 0.2) is 18.2 Å². The number of halogens is 3. The lowest BCUT2D eigenvalue weighted by atomic mass is 10.1. The Labute approximate surface area is 114 Å². The van der Waals surface area contributed by atoms with Crippen molar-refractivity contribution >= 4 is 5.69 Å². The molecule has 0 radical (unpaired) electrons. The van der Waals surface area contributed by atoms with Crippen LogP contribution in [-0.2, 0) is 10.9 Å². The number of alkyl halides is 3. The third-order valence-electron chi connectivity index (χ3n) is 3.14. The van der Waals surface area contributed by atoms with Crippen LogP contribution in [0.5, 0.6) is 0 Å². The second kappa shape index (κ2) is 5.69. The molecule has 2 rings (SSSR count). The van der Waals surface area contributed by atoms with Gasteiger partial charge in [0.15, 0.2) is 0 Å². The SMILES string of the molecule is N#Cc1ccc(N2CCOC(CO)C2)cc1C(F)(F)F. The van der Waals surface area contributed by atoms with Gasteiger partial charge in [-0.25, -0.2) is 0 Å². The maximum atomic E-state index is 12.9. The predicted molar refractivity (Wildman–Crippen MR) is 65.2 cm³/mol. The molecule has 1 heterocycles. The van der Waals surface area contributed by atoms with E-state index >= 15 is 0 Å². The van der Waals surface area contributed by atoms with E-state index in [-0.39, 0.29) is 6.61 Å². The third-order valence-corrected chi connectivity index (χ3v) is 3.14. The first-order chi connectivity index (χ1) is 9.45. The number of hydrogen-bond donors (Lipinski definition) is 1. The fourth-order valence-electron chi connectivity index (χ4n) is 2.13. The van der Waals surface area contributed by atoms with Crippen LogP contribution in [0, 0.1) is 11.3 Å². The van der Waals surface area contributed by atoms with Gasteiger partial charge >= 0.3 is 6.18 Å². The first-order valence-electron chi connectivity index (χ1n) is 6.04. The Morgan fingerprint density at radius 2 is 2.20 bits per heavy atom. The van der Waals surface area contributed by atoms with Crippen molar-refractivity contribution in [3.63, 3.8) is 0 Å². The summed E-state index contributed by atoms with van der Waals surface area (Å²) in [6.45, 7) is 0.922. The second-order valence-corrected chi connectivity index (χ2v) is 4.46. The van der Waals surface area contributed by atoms with Gasteiger partial charge in [-0.2, -0.15) is 18.4 Å². The number of nitrogens with zero attached hydrogens (tertiary/aromatic N) is 2. The molecule has 1 unspecified atom stereocenters. The molecule has 1 fully saturated rings. The molecule has 0 saturated carbocycles. The molecule has 0 aromatic heterocycles. The molecule has 1 N–H and O–H groups in total. The van der Waals surface area contributed by atoms with E-state index in [0.717, 1.165) is 6.07 Å². The first-order valence-corrected chi connectivity index (χ1v) is 6.04. The van der Waals surface area contributed by atoms with Crippen LogP contribution >= 0.6 is 0 Å². The number of aliphatic hydroxyl groups is 1. The molecule has 0 aliphatic carbocycles. The number of morpholine rings is 1. The molecular formula is C13H13F3N2O2. The number of anilines is 1. The minimum absolute atomic E-state index is 0.182. The van der Waals surface area contributed by atoms with Crippen molar-refractivity contribution in [1.29, 1.82) is 5.26 Å². The molecule has 0 spiro atoms. The van der Waals surface area contributed by atoms with Crippen molar-refractivity contribution in [3.8, 4) is 6.07 Å². The zero-order valence-corrected chi connectivity index (χ0v) is 10.5. The highest BCUT2D eigenvalue weighted by Gasteiger charge is 2.34. The van der Waals surface area contributed by atoms with Crippen molar-refractivity contribution in [3.05, 3.63) is 29.3 Å². The number of nitriles is 1. The number of rotatable bonds is 2. The van der Waals surface area contributed by atoms with E-state index in [2.05, 4.69) is 0 Å². The van der Waals surface area contributed by atoms with Gasteiger partial charge in [0.1, 0.15) is 0 Å². The second-order valence-electron chi connectivity index (χ2n) is 4.46. The Morgan fingerprint density at radius 1 is 1.45 bits per heavy atom. The van der Waals surface area contributed by atoms with Gasteiger partial charge < -0.3 is 14.7 Å². The summed E-state index contributed by atoms with van der Waals surface area (Å²) >= 11 is 0. The highest BCUT2D eigenvalue weighted by atomic mass is 19.4. The predicted octanol–water partition coefficient (Wildman–Crippen LogP) is 1.77. The lowest BCUT2D eigenvalue weighted by Crippen LogP contribution is -2.44. The van der Waals surface area contributed by atoms with Crippen molar-refractivity contribution in [2.45, 2.75) is 12.3 Å². The highest BCUT2D eigenvalue weighted by molar-refractivity contribution is 5.55. The van der Waals surface area contributed by atoms with Crippen LogP contribution < -0.4 is 4.90 Å². The maximum absolute atomic E-state index is 12.9. The topological polar surface area (TPSA) is 56.5 Å². The molecule has 1 aliphatic rings. The van der Waals surface area contributed by atoms with Gasteiger partial charge in [-0.1, -0.05) is 0 Å². The lowest BCUT2D eigenvalue weighted by molar-refractivity contribution is -0.137. The van der Waals surface area contributed by atoms with Crippen LogP contribution in [-0.4, -0.2) is 37.5 Å². The summed E-state index contributed by atoms with van der Waals surface area (Å²) in [6.07, 6.45) is -4.97. The van der Waals surface area contributed by atoms with E-state index < -0.39 is 23.4 Å². The minimum atomic E-state index is -4.57. The fraction of sp³-hybridized carbons (Fsp3) is 0.462. The van der Waals surface area contributed by atoms with Crippen LogP contribution in [0.4, 0.5) is 18.9 Å². The Hall–Kier alpha value is -1.78. The summed E-state index contributed by atoms with van der Waals surface area (Å²) in [4.78, 5) is 1.71. The van der Waals surface area contributed by atoms with Crippen molar-refractivity contribution in [2.75, 3.05) is 31.2 Å². The molecule has 1 aromatic carbocycles. The van der Waals surface area contributed by atoms with E-state index in [1.807, 2.05) is 0 Å². The van der Waals surface area contributed by atoms with Gasteiger partial charge in [0.2, 0.25) is 0 Å². The minimum Gasteiger partial charge on any atom is -0.394 e. The van der Waals surface area contributed by atoms with Gasteiger partial charge in [0.25, 0.3) is 0 Å². The van der Waals surface area contributed by atoms with Crippen LogP contribution in [0.3, 0.4) is 0 Å². The van der Waals surface area contributed by atoms with Crippen molar-refractivity contribution in [1.82, 2.24) is 0 Å². The average Bonchev–Trinajstić information content (AvgIpc) is 2.45. The number of ether oxygens (including phenoxy) is 1. The summed E-state index contributed by atoms with van der Waals surface area (Å²) in [6, 6.07) is 5.17. The summed E-state index contributed by atoms with van der Waals surface area (Å²) in [7, 11) is 0. The van der Waals surface area contributed by atoms with Crippen LogP contribution in [0.1, 0.15) is 11.1 Å². The molecule has 20 heavy (non-hydrogen) atoms. The molecule has 1 atom stereocenters. The third kappa shape index (κ3) is 3.03. The van der Waals surface area contributed by atoms with Gasteiger partial charge in [0, 0.05) is 18.8 Å². The molecule has 0 bridgehead atoms. The van der Waals surface area contributed by atoms with Gasteiger partial charge in [-0.15, -0.1) is 0 Å². The molecule has 1 saturated heterocycles. The molecule has 1 aliphatic heterocycles. The largest absolute Gasteiger partial charge is 0.417 e. The van der Waals surface area contributed by atoms with Gasteiger partial charge in [-0.3, -0.25) is 0 Å². The maximum Gasteiger partial charge on any atom is 0.417 e. The summed E-state index contributed by atoms with van der Waals surface area (Å²) in [5, 5.41) is 17.8. The Morgan fingerprint density at radius 3 is 2.80 bits per heavy atom. The number of aliphatic hydroxyl groups excluding tert-OH is 1. The van der Waals surface area contributed by atoms with E-state index in [1.165, 1.54) is 12.1 Å². The average molecular weight is 286 g/mol. The molecule has 1 aromatic rings. The van der Waals surface area contributed by atoms with E-state index in [1.54, 1.807) is 11.0 Å². The smallest absolute Gasteiger partial charge is 0.394 e. The van der Waals surface area contributed by atoms with Crippen LogP contribution in [0.2, 0.25) is 0 Å². The molecule has 0 amide bonds. The molecule has 7 heteroatoms. The molecule has 4 nitrogen and oxygen atoms in total. The Balaban J connectivity index is 2.32. The monoisotopic (exact) mass is 286 g/mol. The van der Waals surface area contributed by atoms with Crippen molar-refractivity contribution < 1.29 is 23.0 Å².